The topological polar surface area (TPSA) is 186 Å². The van der Waals surface area contributed by atoms with Crippen LogP contribution in [-0.4, -0.2) is 76.9 Å². The molecule has 0 aromatic heterocycles. The summed E-state index contributed by atoms with van der Waals surface area (Å²) in [5.41, 5.74) is 8.02. The summed E-state index contributed by atoms with van der Waals surface area (Å²) in [6, 6.07) is 20.0. The van der Waals surface area contributed by atoms with Crippen LogP contribution in [0.15, 0.2) is 71.7 Å². The fourth-order valence-corrected chi connectivity index (χ4v) is 7.18. The van der Waals surface area contributed by atoms with Crippen LogP contribution in [0.4, 0.5) is 28.4 Å². The number of fused-ring (bicyclic) bond motifs is 6. The van der Waals surface area contributed by atoms with Crippen LogP contribution < -0.4 is 50.6 Å². The summed E-state index contributed by atoms with van der Waals surface area (Å²) in [7, 11) is 4.67. The minimum Gasteiger partial charge on any atom is -0.493 e. The van der Waals surface area contributed by atoms with Crippen LogP contribution in [0.3, 0.4) is 0 Å². The summed E-state index contributed by atoms with van der Waals surface area (Å²) in [4.78, 5) is 59.7. The first-order valence-corrected chi connectivity index (χ1v) is 18.8. The molecule has 1 atom stereocenters. The Morgan fingerprint density at radius 1 is 0.895 bits per heavy atom. The summed E-state index contributed by atoms with van der Waals surface area (Å²) in [5.74, 6) is 5.67. The van der Waals surface area contributed by atoms with Gasteiger partial charge < -0.3 is 34.5 Å². The number of nitrogens with two attached hydrogens (primary N) is 1. The predicted molar refractivity (Wildman–Crippen MR) is 217 cm³/mol. The Kier molecular flexibility index (Phi) is 11.6. The molecule has 0 saturated heterocycles. The number of ether oxygens (including phenoxy) is 4. The molecule has 0 radical (unpaired) electrons. The third-order valence-corrected chi connectivity index (χ3v) is 10.2. The van der Waals surface area contributed by atoms with Gasteiger partial charge in [0.2, 0.25) is 11.8 Å². The molecule has 57 heavy (non-hydrogen) atoms. The molecule has 0 saturated carbocycles. The molecule has 0 bridgehead atoms. The highest BCUT2D eigenvalue weighted by atomic mass is 16.5. The second-order valence-electron chi connectivity index (χ2n) is 13.8. The zero-order valence-electron chi connectivity index (χ0n) is 32.1. The lowest BCUT2D eigenvalue weighted by Gasteiger charge is -2.22. The van der Waals surface area contributed by atoms with Crippen molar-refractivity contribution in [1.29, 1.82) is 0 Å². The first-order valence-electron chi connectivity index (χ1n) is 18.8. The molecular weight excluding hydrogens is 731 g/mol. The lowest BCUT2D eigenvalue weighted by molar-refractivity contribution is -0.125. The van der Waals surface area contributed by atoms with Crippen molar-refractivity contribution in [2.45, 2.75) is 44.6 Å². The number of amides is 4. The summed E-state index contributed by atoms with van der Waals surface area (Å²) in [5, 5.41) is 6.40. The summed E-state index contributed by atoms with van der Waals surface area (Å²) < 4.78 is 23.6. The first-order chi connectivity index (χ1) is 27.7. The van der Waals surface area contributed by atoms with Crippen molar-refractivity contribution in [2.24, 2.45) is 10.8 Å². The van der Waals surface area contributed by atoms with E-state index in [2.05, 4.69) is 15.6 Å². The van der Waals surface area contributed by atoms with E-state index in [9.17, 15) is 19.2 Å². The molecule has 5 N–H and O–H groups in total. The molecule has 7 rings (SSSR count). The molecule has 4 aromatic carbocycles. The third-order valence-electron chi connectivity index (χ3n) is 10.2. The lowest BCUT2D eigenvalue weighted by Crippen LogP contribution is -2.37. The Labute approximate surface area is 330 Å². The molecule has 0 aliphatic carbocycles. The van der Waals surface area contributed by atoms with E-state index < -0.39 is 5.91 Å². The minimum absolute atomic E-state index is 0.0167. The number of aryl methyl sites for hydroxylation is 1. The Morgan fingerprint density at radius 2 is 1.63 bits per heavy atom. The van der Waals surface area contributed by atoms with Crippen molar-refractivity contribution >= 4 is 58.3 Å². The first kappa shape index (κ1) is 38.7. The van der Waals surface area contributed by atoms with E-state index >= 15 is 0 Å². The monoisotopic (exact) mass is 775 g/mol. The van der Waals surface area contributed by atoms with Gasteiger partial charge in [-0.05, 0) is 54.3 Å². The SMILES string of the molecule is COc1cc2c(cc1OCCCOc1cc3c(cc1OC)C(=O)Nc1cc(N(C)C(=O)CCC(=O)NN)ccc1CCCN3)N=CC1Cc3ccccc3N1C2=O. The fraction of sp³-hybridized carbons (Fsp3) is 0.310. The van der Waals surface area contributed by atoms with Gasteiger partial charge in [-0.3, -0.25) is 34.5 Å². The normalized spacial score (nSPS) is 15.3. The Hall–Kier alpha value is -6.61. The van der Waals surface area contributed by atoms with Crippen molar-refractivity contribution < 1.29 is 38.1 Å². The maximum Gasteiger partial charge on any atom is 0.261 e. The predicted octanol–water partition coefficient (Wildman–Crippen LogP) is 5.18. The van der Waals surface area contributed by atoms with Gasteiger partial charge in [-0.2, -0.15) is 0 Å². The van der Waals surface area contributed by atoms with E-state index in [0.717, 1.165) is 23.2 Å². The standard InChI is InChI=1S/C42H45N7O8/c1-48(40(51)14-13-39(50)47-43)27-12-11-25-9-6-15-44-32-22-37(35(54-2)20-29(32)41(52)46-31(25)19-27)56-16-7-17-57-38-23-33-30(21-36(38)55-3)42(53)49-28(24-45-33)18-26-8-4-5-10-34(26)49/h4-5,8,10-12,19-24,28,44H,6-7,9,13-18,43H2,1-3H3,(H,46,52)(H,47,50). The van der Waals surface area contributed by atoms with Gasteiger partial charge in [0.25, 0.3) is 11.8 Å². The molecule has 3 aliphatic heterocycles. The molecule has 3 heterocycles. The van der Waals surface area contributed by atoms with E-state index in [1.165, 1.54) is 19.1 Å². The van der Waals surface area contributed by atoms with Crippen LogP contribution in [0, 0.1) is 0 Å². The van der Waals surface area contributed by atoms with Crippen LogP contribution in [-0.2, 0) is 22.4 Å². The van der Waals surface area contributed by atoms with Crippen LogP contribution >= 0.6 is 0 Å². The molecule has 0 spiro atoms. The van der Waals surface area contributed by atoms with E-state index in [0.29, 0.717) is 82.7 Å². The maximum absolute atomic E-state index is 13.8. The van der Waals surface area contributed by atoms with Gasteiger partial charge in [0, 0.05) is 74.7 Å². The minimum atomic E-state index is -0.429. The van der Waals surface area contributed by atoms with Crippen LogP contribution in [0.1, 0.15) is 57.5 Å². The Balaban J connectivity index is 0.999. The van der Waals surface area contributed by atoms with Crippen LogP contribution in [0.5, 0.6) is 23.0 Å². The van der Waals surface area contributed by atoms with Gasteiger partial charge in [0.1, 0.15) is 0 Å². The van der Waals surface area contributed by atoms with Crippen LogP contribution in [0.2, 0.25) is 0 Å². The Morgan fingerprint density at radius 3 is 2.39 bits per heavy atom. The number of carbonyl (C=O) groups is 4. The number of benzene rings is 4. The number of carbonyl (C=O) groups excluding carboxylic acids is 4. The molecular formula is C42H45N7O8. The summed E-state index contributed by atoms with van der Waals surface area (Å²) in [6.45, 7) is 1.15. The number of nitrogens with zero attached hydrogens (tertiary/aromatic N) is 3. The highest BCUT2D eigenvalue weighted by Gasteiger charge is 2.36. The van der Waals surface area contributed by atoms with E-state index in [4.69, 9.17) is 24.8 Å². The Bertz CT molecular complexity index is 2240. The number of hydrogen-bond acceptors (Lipinski definition) is 11. The second-order valence-corrected chi connectivity index (χ2v) is 13.8. The smallest absolute Gasteiger partial charge is 0.261 e. The molecule has 4 aromatic rings. The fourth-order valence-electron chi connectivity index (χ4n) is 7.18. The van der Waals surface area contributed by atoms with Gasteiger partial charge in [0.15, 0.2) is 23.0 Å². The summed E-state index contributed by atoms with van der Waals surface area (Å²) >= 11 is 0. The van der Waals surface area contributed by atoms with Gasteiger partial charge in [-0.25, -0.2) is 5.84 Å². The quantitative estimate of drug-likeness (QED) is 0.0647. The number of methoxy groups -OCH3 is 2. The molecule has 1 unspecified atom stereocenters. The number of nitrogens with one attached hydrogen (secondary N) is 3. The van der Waals surface area contributed by atoms with Gasteiger partial charge >= 0.3 is 0 Å². The van der Waals surface area contributed by atoms with Crippen molar-refractivity contribution in [2.75, 3.05) is 61.5 Å². The molecule has 15 heteroatoms. The van der Waals surface area contributed by atoms with Crippen molar-refractivity contribution in [3.05, 3.63) is 89.0 Å². The van der Waals surface area contributed by atoms with Gasteiger partial charge in [0.05, 0.1) is 56.0 Å². The molecule has 0 fully saturated rings. The van der Waals surface area contributed by atoms with Gasteiger partial charge in [-0.15, -0.1) is 0 Å². The number of para-hydroxylation sites is 1. The molecule has 15 nitrogen and oxygen atoms in total. The number of hydrazine groups is 1. The highest BCUT2D eigenvalue weighted by molar-refractivity contribution is 6.15. The van der Waals surface area contributed by atoms with E-state index in [1.54, 1.807) is 42.3 Å². The third kappa shape index (κ3) is 8.19. The molecule has 4 amide bonds. The average Bonchev–Trinajstić information content (AvgIpc) is 3.55. The van der Waals surface area contributed by atoms with Crippen molar-refractivity contribution in [1.82, 2.24) is 5.43 Å². The molecule has 3 aliphatic rings. The lowest BCUT2D eigenvalue weighted by atomic mass is 10.0. The molecule has 296 valence electrons. The summed E-state index contributed by atoms with van der Waals surface area (Å²) in [6.07, 6.45) is 4.42. The van der Waals surface area contributed by atoms with E-state index in [1.807, 2.05) is 48.0 Å². The van der Waals surface area contributed by atoms with Crippen molar-refractivity contribution in [3.63, 3.8) is 0 Å². The largest absolute Gasteiger partial charge is 0.493 e. The number of anilines is 4. The zero-order valence-corrected chi connectivity index (χ0v) is 32.1. The number of hydrogen-bond donors (Lipinski definition) is 4. The highest BCUT2D eigenvalue weighted by Crippen LogP contribution is 2.41. The average molecular weight is 776 g/mol. The van der Waals surface area contributed by atoms with Crippen molar-refractivity contribution in [3.8, 4) is 23.0 Å². The number of rotatable bonds is 12. The van der Waals surface area contributed by atoms with E-state index in [-0.39, 0.29) is 49.8 Å². The second kappa shape index (κ2) is 17.0. The maximum atomic E-state index is 13.8. The van der Waals surface area contributed by atoms with Crippen LogP contribution in [0.25, 0.3) is 0 Å². The van der Waals surface area contributed by atoms with Gasteiger partial charge in [-0.1, -0.05) is 24.3 Å². The number of aliphatic imine (C=N–C) groups is 1. The zero-order chi connectivity index (χ0) is 40.1.